The van der Waals surface area contributed by atoms with Crippen LogP contribution in [-0.4, -0.2) is 45.0 Å². The molecule has 2 aromatic rings. The van der Waals surface area contributed by atoms with Crippen molar-refractivity contribution in [2.75, 3.05) is 13.1 Å². The van der Waals surface area contributed by atoms with Crippen molar-refractivity contribution in [2.24, 2.45) is 0 Å². The van der Waals surface area contributed by atoms with Crippen molar-refractivity contribution in [1.29, 1.82) is 0 Å². The van der Waals surface area contributed by atoms with Crippen LogP contribution in [0.25, 0.3) is 6.08 Å². The van der Waals surface area contributed by atoms with Gasteiger partial charge in [0.25, 0.3) is 11.1 Å². The molecule has 2 N–H and O–H groups in total. The second kappa shape index (κ2) is 9.38. The molecule has 1 aromatic heterocycles. The molecular formula is C19H17ClN4O3S. The number of aromatic nitrogens is 2. The van der Waals surface area contributed by atoms with Gasteiger partial charge in [-0.1, -0.05) is 41.9 Å². The Morgan fingerprint density at radius 3 is 2.79 bits per heavy atom. The number of imidazole rings is 1. The van der Waals surface area contributed by atoms with E-state index >= 15 is 0 Å². The summed E-state index contributed by atoms with van der Waals surface area (Å²) in [6.07, 6.45) is 6.93. The summed E-state index contributed by atoms with van der Waals surface area (Å²) in [7, 11) is 0. The topological polar surface area (TPSA) is 95.2 Å². The SMILES string of the molecule is O=C(CN1C(=O)SC(=CC(Cl)=Cc2ccccc2)C1=O)NCCc1cnc[nH]1. The van der Waals surface area contributed by atoms with Crippen LogP contribution in [0.15, 0.2) is 58.9 Å². The minimum Gasteiger partial charge on any atom is -0.354 e. The molecular weight excluding hydrogens is 400 g/mol. The normalized spacial score (nSPS) is 16.1. The minimum atomic E-state index is -0.529. The summed E-state index contributed by atoms with van der Waals surface area (Å²) >= 11 is 6.95. The van der Waals surface area contributed by atoms with Gasteiger partial charge in [0.2, 0.25) is 5.91 Å². The number of hydrogen-bond acceptors (Lipinski definition) is 5. The molecule has 0 saturated carbocycles. The maximum absolute atomic E-state index is 12.4. The molecule has 2 heterocycles. The van der Waals surface area contributed by atoms with E-state index in [1.807, 2.05) is 30.3 Å². The van der Waals surface area contributed by atoms with Gasteiger partial charge in [-0.25, -0.2) is 4.98 Å². The summed E-state index contributed by atoms with van der Waals surface area (Å²) < 4.78 is 0. The Morgan fingerprint density at radius 1 is 1.29 bits per heavy atom. The highest BCUT2D eigenvalue weighted by molar-refractivity contribution is 8.18. The molecule has 144 valence electrons. The number of nitrogens with one attached hydrogen (secondary N) is 2. The fourth-order valence-corrected chi connectivity index (χ4v) is 3.60. The number of imide groups is 1. The van der Waals surface area contributed by atoms with Crippen molar-refractivity contribution in [1.82, 2.24) is 20.2 Å². The van der Waals surface area contributed by atoms with Crippen molar-refractivity contribution >= 4 is 46.5 Å². The Balaban J connectivity index is 1.56. The zero-order valence-corrected chi connectivity index (χ0v) is 16.3. The first-order chi connectivity index (χ1) is 13.5. The molecule has 9 heteroatoms. The van der Waals surface area contributed by atoms with Gasteiger partial charge in [0.15, 0.2) is 0 Å². The summed E-state index contributed by atoms with van der Waals surface area (Å²) in [4.78, 5) is 44.5. The number of hydrogen-bond donors (Lipinski definition) is 2. The highest BCUT2D eigenvalue weighted by atomic mass is 35.5. The molecule has 1 aliphatic heterocycles. The Morgan fingerprint density at radius 2 is 2.07 bits per heavy atom. The number of carbonyl (C=O) groups excluding carboxylic acids is 3. The van der Waals surface area contributed by atoms with Crippen molar-refractivity contribution in [2.45, 2.75) is 6.42 Å². The van der Waals surface area contributed by atoms with Crippen LogP contribution in [0.3, 0.4) is 0 Å². The van der Waals surface area contributed by atoms with Crippen LogP contribution in [-0.2, 0) is 16.0 Å². The number of H-pyrrole nitrogens is 1. The molecule has 0 aliphatic carbocycles. The summed E-state index contributed by atoms with van der Waals surface area (Å²) in [6, 6.07) is 9.37. The fourth-order valence-electron chi connectivity index (χ4n) is 2.47. The summed E-state index contributed by atoms with van der Waals surface area (Å²) in [5.74, 6) is -0.938. The molecule has 1 aromatic carbocycles. The van der Waals surface area contributed by atoms with Crippen LogP contribution in [0.5, 0.6) is 0 Å². The largest absolute Gasteiger partial charge is 0.354 e. The molecule has 7 nitrogen and oxygen atoms in total. The maximum atomic E-state index is 12.4. The average molecular weight is 417 g/mol. The molecule has 3 amide bonds. The van der Waals surface area contributed by atoms with Crippen LogP contribution >= 0.6 is 23.4 Å². The van der Waals surface area contributed by atoms with Gasteiger partial charge in [0.05, 0.1) is 11.2 Å². The highest BCUT2D eigenvalue weighted by Gasteiger charge is 2.36. The van der Waals surface area contributed by atoms with E-state index in [9.17, 15) is 14.4 Å². The third-order valence-corrected chi connectivity index (χ3v) is 4.95. The molecule has 1 saturated heterocycles. The number of rotatable bonds is 7. The quantitative estimate of drug-likeness (QED) is 0.676. The molecule has 3 rings (SSSR count). The number of nitrogens with zero attached hydrogens (tertiary/aromatic N) is 2. The van der Waals surface area contributed by atoms with Crippen LogP contribution in [0.1, 0.15) is 11.3 Å². The predicted molar refractivity (Wildman–Crippen MR) is 108 cm³/mol. The van der Waals surface area contributed by atoms with Crippen molar-refractivity contribution in [3.63, 3.8) is 0 Å². The lowest BCUT2D eigenvalue weighted by atomic mass is 10.2. The third-order valence-electron chi connectivity index (χ3n) is 3.82. The third kappa shape index (κ3) is 5.34. The van der Waals surface area contributed by atoms with Gasteiger partial charge >= 0.3 is 0 Å². The number of amides is 3. The van der Waals surface area contributed by atoms with Crippen molar-refractivity contribution in [3.8, 4) is 0 Å². The van der Waals surface area contributed by atoms with E-state index in [1.54, 1.807) is 18.6 Å². The van der Waals surface area contributed by atoms with Gasteiger partial charge < -0.3 is 10.3 Å². The fraction of sp³-hybridized carbons (Fsp3) is 0.158. The van der Waals surface area contributed by atoms with Crippen molar-refractivity contribution in [3.05, 3.63) is 70.1 Å². The monoisotopic (exact) mass is 416 g/mol. The lowest BCUT2D eigenvalue weighted by Crippen LogP contribution is -2.40. The van der Waals surface area contributed by atoms with Crippen LogP contribution in [0.4, 0.5) is 4.79 Å². The molecule has 0 bridgehead atoms. The number of carbonyl (C=O) groups is 3. The Bertz CT molecular complexity index is 926. The number of aromatic amines is 1. The molecule has 0 unspecified atom stereocenters. The lowest BCUT2D eigenvalue weighted by Gasteiger charge is -2.12. The molecule has 1 fully saturated rings. The van der Waals surface area contributed by atoms with E-state index in [1.165, 1.54) is 6.08 Å². The van der Waals surface area contributed by atoms with E-state index in [0.29, 0.717) is 18.0 Å². The second-order valence-corrected chi connectivity index (χ2v) is 7.31. The van der Waals surface area contributed by atoms with E-state index in [-0.39, 0.29) is 11.4 Å². The lowest BCUT2D eigenvalue weighted by molar-refractivity contribution is -0.129. The minimum absolute atomic E-state index is 0.187. The maximum Gasteiger partial charge on any atom is 0.294 e. The molecule has 1 aliphatic rings. The van der Waals surface area contributed by atoms with Crippen molar-refractivity contribution < 1.29 is 14.4 Å². The Kier molecular flexibility index (Phi) is 6.67. The van der Waals surface area contributed by atoms with Gasteiger partial charge in [-0.15, -0.1) is 0 Å². The van der Waals surface area contributed by atoms with E-state index in [0.717, 1.165) is 27.9 Å². The average Bonchev–Trinajstić information content (AvgIpc) is 3.27. The van der Waals surface area contributed by atoms with E-state index < -0.39 is 17.1 Å². The first-order valence-electron chi connectivity index (χ1n) is 8.44. The number of thioether (sulfide) groups is 1. The zero-order chi connectivity index (χ0) is 19.9. The first kappa shape index (κ1) is 19.9. The van der Waals surface area contributed by atoms with Crippen LogP contribution in [0.2, 0.25) is 0 Å². The van der Waals surface area contributed by atoms with Gasteiger partial charge in [-0.05, 0) is 29.5 Å². The Labute approximate surface area is 170 Å². The van der Waals surface area contributed by atoms with E-state index in [2.05, 4.69) is 15.3 Å². The number of allylic oxidation sites excluding steroid dienone is 2. The predicted octanol–water partition coefficient (Wildman–Crippen LogP) is 2.93. The second-order valence-electron chi connectivity index (χ2n) is 5.88. The number of benzene rings is 1. The van der Waals surface area contributed by atoms with Gasteiger partial charge in [0, 0.05) is 29.9 Å². The van der Waals surface area contributed by atoms with Gasteiger partial charge in [0.1, 0.15) is 6.54 Å². The van der Waals surface area contributed by atoms with E-state index in [4.69, 9.17) is 11.6 Å². The Hall–Kier alpha value is -2.84. The summed E-state index contributed by atoms with van der Waals surface area (Å²) in [6.45, 7) is 0.0454. The smallest absolute Gasteiger partial charge is 0.294 e. The molecule has 0 spiro atoms. The molecule has 28 heavy (non-hydrogen) atoms. The standard InChI is InChI=1S/C19H17ClN4O3S/c20-14(8-13-4-2-1-3-5-13)9-16-18(26)24(19(27)28-16)11-17(25)22-7-6-15-10-21-12-23-15/h1-5,8-10,12H,6-7,11H2,(H,21,23)(H,22,25). The first-order valence-corrected chi connectivity index (χ1v) is 9.64. The zero-order valence-electron chi connectivity index (χ0n) is 14.7. The van der Waals surface area contributed by atoms with Gasteiger partial charge in [-0.3, -0.25) is 19.3 Å². The van der Waals surface area contributed by atoms with Crippen LogP contribution in [0, 0.1) is 0 Å². The summed E-state index contributed by atoms with van der Waals surface area (Å²) in [5.41, 5.74) is 1.76. The highest BCUT2D eigenvalue weighted by Crippen LogP contribution is 2.32. The summed E-state index contributed by atoms with van der Waals surface area (Å²) in [5, 5.41) is 2.50. The molecule has 0 radical (unpaired) electrons. The molecule has 0 atom stereocenters. The number of halogens is 1. The van der Waals surface area contributed by atoms with Crippen LogP contribution < -0.4 is 5.32 Å². The van der Waals surface area contributed by atoms with Gasteiger partial charge in [-0.2, -0.15) is 0 Å².